The van der Waals surface area contributed by atoms with E-state index in [1.807, 2.05) is 0 Å². The summed E-state index contributed by atoms with van der Waals surface area (Å²) in [5.74, 6) is 2.48. The van der Waals surface area contributed by atoms with Gasteiger partial charge in [0, 0.05) is 18.0 Å². The highest BCUT2D eigenvalue weighted by Crippen LogP contribution is 2.33. The molecule has 1 saturated carbocycles. The lowest BCUT2D eigenvalue weighted by molar-refractivity contribution is 0.375. The number of nitrogens with one attached hydrogen (secondary N) is 1. The molecular formula is C13H23N5. The number of nitrogens with two attached hydrogens (primary N) is 1. The minimum atomic E-state index is 0.385. The fourth-order valence-electron chi connectivity index (χ4n) is 3.19. The van der Waals surface area contributed by atoms with E-state index in [1.165, 1.54) is 0 Å². The van der Waals surface area contributed by atoms with Crippen LogP contribution in [-0.2, 0) is 0 Å². The molecule has 3 rings (SSSR count). The van der Waals surface area contributed by atoms with E-state index in [1.54, 1.807) is 0 Å². The zero-order chi connectivity index (χ0) is 12.7. The average molecular weight is 249 g/mol. The van der Waals surface area contributed by atoms with Crippen molar-refractivity contribution in [3.05, 3.63) is 5.82 Å². The van der Waals surface area contributed by atoms with Gasteiger partial charge in [-0.25, -0.2) is 4.68 Å². The molecule has 100 valence electrons. The molecule has 0 radical (unpaired) electrons. The average Bonchev–Trinajstić information content (AvgIpc) is 2.74. The third kappa shape index (κ3) is 2.11. The van der Waals surface area contributed by atoms with E-state index in [0.29, 0.717) is 24.0 Å². The fourth-order valence-corrected chi connectivity index (χ4v) is 3.19. The lowest BCUT2D eigenvalue weighted by Crippen LogP contribution is -2.29. The number of aromatic nitrogens is 3. The zero-order valence-electron chi connectivity index (χ0n) is 11.3. The Kier molecular flexibility index (Phi) is 3.01. The van der Waals surface area contributed by atoms with Gasteiger partial charge < -0.3 is 11.1 Å². The molecule has 5 heteroatoms. The first kappa shape index (κ1) is 12.0. The Bertz CT molecular complexity index is 419. The lowest BCUT2D eigenvalue weighted by atomic mass is 9.86. The summed E-state index contributed by atoms with van der Waals surface area (Å²) in [5, 5.41) is 8.14. The Morgan fingerprint density at radius 2 is 1.94 bits per heavy atom. The molecule has 0 saturated heterocycles. The van der Waals surface area contributed by atoms with Gasteiger partial charge in [-0.2, -0.15) is 10.1 Å². The van der Waals surface area contributed by atoms with Crippen LogP contribution in [-0.4, -0.2) is 26.8 Å². The Hall–Kier alpha value is -1.10. The molecule has 5 nitrogen and oxygen atoms in total. The van der Waals surface area contributed by atoms with Gasteiger partial charge in [-0.15, -0.1) is 0 Å². The topological polar surface area (TPSA) is 68.8 Å². The van der Waals surface area contributed by atoms with Gasteiger partial charge in [0.15, 0.2) is 5.82 Å². The first-order valence-corrected chi connectivity index (χ1v) is 7.12. The zero-order valence-corrected chi connectivity index (χ0v) is 11.3. The second-order valence-corrected chi connectivity index (χ2v) is 5.98. The highest BCUT2D eigenvalue weighted by Gasteiger charge is 2.28. The minimum absolute atomic E-state index is 0.385. The second-order valence-electron chi connectivity index (χ2n) is 5.98. The summed E-state index contributed by atoms with van der Waals surface area (Å²) in [6.45, 7) is 4.42. The summed E-state index contributed by atoms with van der Waals surface area (Å²) in [6, 6.07) is 1.32. The largest absolute Gasteiger partial charge is 0.352 e. The SMILES string of the molecule is CC1CC(C)n2nc(C3CCC(N)CC3)nc2N1. The van der Waals surface area contributed by atoms with Crippen LogP contribution in [0.15, 0.2) is 0 Å². The van der Waals surface area contributed by atoms with Crippen molar-refractivity contribution in [1.82, 2.24) is 14.8 Å². The number of hydrogen-bond acceptors (Lipinski definition) is 4. The number of nitrogens with zero attached hydrogens (tertiary/aromatic N) is 3. The molecule has 1 aromatic heterocycles. The van der Waals surface area contributed by atoms with Gasteiger partial charge in [0.1, 0.15) is 0 Å². The van der Waals surface area contributed by atoms with Crippen LogP contribution in [0.5, 0.6) is 0 Å². The van der Waals surface area contributed by atoms with Crippen LogP contribution < -0.4 is 11.1 Å². The van der Waals surface area contributed by atoms with E-state index in [2.05, 4.69) is 23.8 Å². The summed E-state index contributed by atoms with van der Waals surface area (Å²) >= 11 is 0. The number of hydrogen-bond donors (Lipinski definition) is 2. The quantitative estimate of drug-likeness (QED) is 0.799. The van der Waals surface area contributed by atoms with Gasteiger partial charge in [0.25, 0.3) is 0 Å². The van der Waals surface area contributed by atoms with Crippen molar-refractivity contribution in [1.29, 1.82) is 0 Å². The Morgan fingerprint density at radius 1 is 1.22 bits per heavy atom. The minimum Gasteiger partial charge on any atom is -0.352 e. The van der Waals surface area contributed by atoms with Crippen LogP contribution in [0, 0.1) is 0 Å². The number of fused-ring (bicyclic) bond motifs is 1. The molecule has 2 atom stereocenters. The lowest BCUT2D eigenvalue weighted by Gasteiger charge is -2.26. The molecule has 2 unspecified atom stereocenters. The van der Waals surface area contributed by atoms with Crippen molar-refractivity contribution in [2.45, 2.75) is 70.0 Å². The standard InChI is InChI=1S/C13H23N5/c1-8-7-9(2)18-13(15-8)16-12(17-18)10-3-5-11(14)6-4-10/h8-11H,3-7,14H2,1-2H3,(H,15,16,17). The fraction of sp³-hybridized carbons (Fsp3) is 0.846. The molecule has 1 aliphatic carbocycles. The maximum atomic E-state index is 5.95. The predicted molar refractivity (Wildman–Crippen MR) is 71.6 cm³/mol. The monoisotopic (exact) mass is 249 g/mol. The van der Waals surface area contributed by atoms with Crippen molar-refractivity contribution >= 4 is 5.95 Å². The molecule has 18 heavy (non-hydrogen) atoms. The van der Waals surface area contributed by atoms with E-state index >= 15 is 0 Å². The first-order valence-electron chi connectivity index (χ1n) is 7.12. The molecule has 1 fully saturated rings. The Morgan fingerprint density at radius 3 is 2.67 bits per heavy atom. The molecule has 1 aliphatic heterocycles. The third-order valence-corrected chi connectivity index (χ3v) is 4.27. The Labute approximate surface area is 108 Å². The van der Waals surface area contributed by atoms with Crippen molar-refractivity contribution in [2.24, 2.45) is 5.73 Å². The normalized spacial score (nSPS) is 35.9. The summed E-state index contributed by atoms with van der Waals surface area (Å²) in [4.78, 5) is 4.70. The summed E-state index contributed by atoms with van der Waals surface area (Å²) in [7, 11) is 0. The van der Waals surface area contributed by atoms with Gasteiger partial charge in [-0.1, -0.05) is 0 Å². The molecule has 1 aromatic rings. The summed E-state index contributed by atoms with van der Waals surface area (Å²) < 4.78 is 2.06. The molecule has 0 bridgehead atoms. The smallest absolute Gasteiger partial charge is 0.221 e. The van der Waals surface area contributed by atoms with Crippen LogP contribution >= 0.6 is 0 Å². The number of rotatable bonds is 1. The number of anilines is 1. The van der Waals surface area contributed by atoms with E-state index in [-0.39, 0.29) is 0 Å². The third-order valence-electron chi connectivity index (χ3n) is 4.27. The van der Waals surface area contributed by atoms with Crippen LogP contribution in [0.3, 0.4) is 0 Å². The summed E-state index contributed by atoms with van der Waals surface area (Å²) in [6.07, 6.45) is 5.59. The molecule has 0 spiro atoms. The highest BCUT2D eigenvalue weighted by molar-refractivity contribution is 5.30. The van der Waals surface area contributed by atoms with Crippen LogP contribution in [0.4, 0.5) is 5.95 Å². The van der Waals surface area contributed by atoms with E-state index in [4.69, 9.17) is 15.8 Å². The van der Waals surface area contributed by atoms with E-state index < -0.39 is 0 Å². The first-order chi connectivity index (χ1) is 8.63. The summed E-state index contributed by atoms with van der Waals surface area (Å²) in [5.41, 5.74) is 5.95. The van der Waals surface area contributed by atoms with Gasteiger partial charge >= 0.3 is 0 Å². The van der Waals surface area contributed by atoms with E-state index in [9.17, 15) is 0 Å². The van der Waals surface area contributed by atoms with Crippen molar-refractivity contribution in [2.75, 3.05) is 5.32 Å². The van der Waals surface area contributed by atoms with Crippen LogP contribution in [0.1, 0.15) is 63.7 Å². The van der Waals surface area contributed by atoms with Crippen LogP contribution in [0.2, 0.25) is 0 Å². The van der Waals surface area contributed by atoms with Gasteiger partial charge in [-0.05, 0) is 46.0 Å². The molecule has 2 aliphatic rings. The predicted octanol–water partition coefficient (Wildman–Crippen LogP) is 2.03. The molecular weight excluding hydrogens is 226 g/mol. The highest BCUT2D eigenvalue weighted by atomic mass is 15.4. The molecule has 3 N–H and O–H groups in total. The van der Waals surface area contributed by atoms with Crippen molar-refractivity contribution < 1.29 is 0 Å². The molecule has 2 heterocycles. The maximum Gasteiger partial charge on any atom is 0.221 e. The Balaban J connectivity index is 1.80. The van der Waals surface area contributed by atoms with E-state index in [0.717, 1.165) is 43.9 Å². The van der Waals surface area contributed by atoms with Gasteiger partial charge in [-0.3, -0.25) is 0 Å². The molecule has 0 amide bonds. The van der Waals surface area contributed by atoms with Crippen molar-refractivity contribution in [3.63, 3.8) is 0 Å². The maximum absolute atomic E-state index is 5.95. The van der Waals surface area contributed by atoms with Gasteiger partial charge in [0.05, 0.1) is 6.04 Å². The van der Waals surface area contributed by atoms with Crippen molar-refractivity contribution in [3.8, 4) is 0 Å². The van der Waals surface area contributed by atoms with Gasteiger partial charge in [0.2, 0.25) is 5.95 Å². The van der Waals surface area contributed by atoms with Crippen LogP contribution in [0.25, 0.3) is 0 Å². The molecule has 0 aromatic carbocycles. The second kappa shape index (κ2) is 4.53.